The molecule has 0 radical (unpaired) electrons. The molecule has 0 aromatic carbocycles. The summed E-state index contributed by atoms with van der Waals surface area (Å²) < 4.78 is 9.09. The molecule has 0 saturated carbocycles. The number of aliphatic carboxylic acids is 3. The SMILES string of the molecule is CCC(OC(C(=O)[O-])C(OC)C(=O)O)C(=O)O.[Na+]. The van der Waals surface area contributed by atoms with Gasteiger partial charge >= 0.3 is 41.5 Å². The number of carboxylic acid groups (broad SMARTS) is 3. The van der Waals surface area contributed by atoms with Crippen LogP contribution in [0.25, 0.3) is 0 Å². The molecule has 0 aliphatic rings. The van der Waals surface area contributed by atoms with Gasteiger partial charge in [0.2, 0.25) is 0 Å². The van der Waals surface area contributed by atoms with Crippen LogP contribution in [0, 0.1) is 0 Å². The normalized spacial score (nSPS) is 15.0. The number of rotatable bonds is 8. The van der Waals surface area contributed by atoms with Crippen LogP contribution in [-0.2, 0) is 23.9 Å². The second-order valence-electron chi connectivity index (χ2n) is 3.11. The van der Waals surface area contributed by atoms with Crippen LogP contribution in [0.2, 0.25) is 0 Å². The Morgan fingerprint density at radius 1 is 1.17 bits per heavy atom. The minimum atomic E-state index is -1.99. The second-order valence-corrected chi connectivity index (χ2v) is 3.11. The van der Waals surface area contributed by atoms with Gasteiger partial charge in [0.15, 0.2) is 12.2 Å². The monoisotopic (exact) mass is 272 g/mol. The minimum Gasteiger partial charge on any atom is -0.547 e. The van der Waals surface area contributed by atoms with Crippen LogP contribution in [0.1, 0.15) is 13.3 Å². The van der Waals surface area contributed by atoms with Gasteiger partial charge in [-0.2, -0.15) is 0 Å². The van der Waals surface area contributed by atoms with E-state index in [1.807, 2.05) is 0 Å². The maximum absolute atomic E-state index is 10.7. The topological polar surface area (TPSA) is 133 Å². The molecular weight excluding hydrogens is 259 g/mol. The summed E-state index contributed by atoms with van der Waals surface area (Å²) in [7, 11) is 0.972. The largest absolute Gasteiger partial charge is 1.00 e. The molecule has 9 heteroatoms. The summed E-state index contributed by atoms with van der Waals surface area (Å²) >= 11 is 0. The fourth-order valence-electron chi connectivity index (χ4n) is 1.11. The van der Waals surface area contributed by atoms with Gasteiger partial charge in [-0.15, -0.1) is 0 Å². The molecule has 98 valence electrons. The van der Waals surface area contributed by atoms with Crippen LogP contribution in [-0.4, -0.2) is 53.5 Å². The number of ether oxygens (including phenoxy) is 2. The Morgan fingerprint density at radius 2 is 1.67 bits per heavy atom. The van der Waals surface area contributed by atoms with Gasteiger partial charge in [-0.25, -0.2) is 9.59 Å². The summed E-state index contributed by atoms with van der Waals surface area (Å²) in [6.45, 7) is 1.45. The van der Waals surface area contributed by atoms with Gasteiger partial charge < -0.3 is 29.6 Å². The van der Waals surface area contributed by atoms with Gasteiger partial charge in [0, 0.05) is 7.11 Å². The van der Waals surface area contributed by atoms with Gasteiger partial charge in [-0.05, 0) is 6.42 Å². The number of carbonyl (C=O) groups excluding carboxylic acids is 1. The third-order valence-corrected chi connectivity index (χ3v) is 1.96. The Hall–Kier alpha value is -0.670. The summed E-state index contributed by atoms with van der Waals surface area (Å²) in [5.74, 6) is -4.82. The van der Waals surface area contributed by atoms with Crippen LogP contribution in [0.15, 0.2) is 0 Å². The molecule has 18 heavy (non-hydrogen) atoms. The zero-order valence-electron chi connectivity index (χ0n) is 10.3. The Balaban J connectivity index is 0. The van der Waals surface area contributed by atoms with Gasteiger partial charge in [0.05, 0.1) is 5.97 Å². The molecule has 0 aliphatic heterocycles. The number of hydrogen-bond donors (Lipinski definition) is 2. The van der Waals surface area contributed by atoms with E-state index in [2.05, 4.69) is 9.47 Å². The Bertz CT molecular complexity index is 305. The smallest absolute Gasteiger partial charge is 0.547 e. The van der Waals surface area contributed by atoms with Crippen LogP contribution >= 0.6 is 0 Å². The van der Waals surface area contributed by atoms with E-state index < -0.39 is 36.2 Å². The summed E-state index contributed by atoms with van der Waals surface area (Å²) in [6, 6.07) is 0. The summed E-state index contributed by atoms with van der Waals surface area (Å²) in [5.41, 5.74) is 0. The van der Waals surface area contributed by atoms with Gasteiger partial charge in [-0.3, -0.25) is 0 Å². The van der Waals surface area contributed by atoms with E-state index in [4.69, 9.17) is 10.2 Å². The molecule has 8 nitrogen and oxygen atoms in total. The Morgan fingerprint density at radius 3 is 1.89 bits per heavy atom. The third-order valence-electron chi connectivity index (χ3n) is 1.96. The van der Waals surface area contributed by atoms with E-state index in [1.54, 1.807) is 0 Å². The summed E-state index contributed by atoms with van der Waals surface area (Å²) in [6.07, 6.45) is -5.27. The van der Waals surface area contributed by atoms with Crippen molar-refractivity contribution in [1.29, 1.82) is 0 Å². The zero-order valence-corrected chi connectivity index (χ0v) is 12.3. The molecule has 0 spiro atoms. The molecule has 0 fully saturated rings. The molecule has 3 atom stereocenters. The number of carboxylic acids is 3. The van der Waals surface area contributed by atoms with Crippen molar-refractivity contribution >= 4 is 17.9 Å². The molecule has 3 unspecified atom stereocenters. The molecule has 0 rings (SSSR count). The van der Waals surface area contributed by atoms with E-state index in [0.717, 1.165) is 7.11 Å². The predicted molar refractivity (Wildman–Crippen MR) is 50.0 cm³/mol. The van der Waals surface area contributed by atoms with E-state index in [-0.39, 0.29) is 36.0 Å². The zero-order chi connectivity index (χ0) is 13.6. The predicted octanol–water partition coefficient (Wildman–Crippen LogP) is -4.91. The molecule has 0 aliphatic carbocycles. The maximum atomic E-state index is 10.7. The average Bonchev–Trinajstić information content (AvgIpc) is 2.22. The van der Waals surface area contributed by atoms with Crippen molar-refractivity contribution in [3.05, 3.63) is 0 Å². The molecule has 0 heterocycles. The van der Waals surface area contributed by atoms with E-state index in [1.165, 1.54) is 6.92 Å². The first kappa shape index (κ1) is 19.7. The first-order chi connectivity index (χ1) is 7.84. The van der Waals surface area contributed by atoms with Crippen LogP contribution in [0.3, 0.4) is 0 Å². The molecule has 0 saturated heterocycles. The molecule has 0 amide bonds. The van der Waals surface area contributed by atoms with Crippen molar-refractivity contribution in [2.75, 3.05) is 7.11 Å². The summed E-state index contributed by atoms with van der Waals surface area (Å²) in [5, 5.41) is 28.0. The molecule has 0 aromatic rings. The van der Waals surface area contributed by atoms with Crippen molar-refractivity contribution in [3.8, 4) is 0 Å². The summed E-state index contributed by atoms with van der Waals surface area (Å²) in [4.78, 5) is 32.0. The van der Waals surface area contributed by atoms with Crippen molar-refractivity contribution in [3.63, 3.8) is 0 Å². The van der Waals surface area contributed by atoms with Gasteiger partial charge in [-0.1, -0.05) is 6.92 Å². The number of carbonyl (C=O) groups is 3. The first-order valence-electron chi connectivity index (χ1n) is 4.69. The van der Waals surface area contributed by atoms with E-state index in [9.17, 15) is 19.5 Å². The van der Waals surface area contributed by atoms with E-state index >= 15 is 0 Å². The van der Waals surface area contributed by atoms with Crippen LogP contribution in [0.4, 0.5) is 0 Å². The number of hydrogen-bond acceptors (Lipinski definition) is 6. The maximum Gasteiger partial charge on any atom is 1.00 e. The van der Waals surface area contributed by atoms with Crippen molar-refractivity contribution < 1.29 is 68.7 Å². The van der Waals surface area contributed by atoms with Crippen LogP contribution < -0.4 is 34.7 Å². The van der Waals surface area contributed by atoms with Gasteiger partial charge in [0.1, 0.15) is 6.10 Å². The molecular formula is C9H13NaO8. The van der Waals surface area contributed by atoms with Crippen molar-refractivity contribution in [1.82, 2.24) is 0 Å². The molecule has 2 N–H and O–H groups in total. The van der Waals surface area contributed by atoms with Gasteiger partial charge in [0.25, 0.3) is 0 Å². The fourth-order valence-corrected chi connectivity index (χ4v) is 1.11. The van der Waals surface area contributed by atoms with Crippen molar-refractivity contribution in [2.24, 2.45) is 0 Å². The number of methoxy groups -OCH3 is 1. The Labute approximate surface area is 125 Å². The standard InChI is InChI=1S/C9H14O8.Na/c1-3-4(7(10)11)17-6(9(14)15)5(16-2)8(12)13;/h4-6H,3H2,1-2H3,(H,10,11)(H,12,13)(H,14,15);/q;+1/p-1. The quantitative estimate of drug-likeness (QED) is 0.420. The Kier molecular flexibility index (Phi) is 10.1. The molecule has 0 bridgehead atoms. The van der Waals surface area contributed by atoms with E-state index in [0.29, 0.717) is 0 Å². The average molecular weight is 272 g/mol. The first-order valence-corrected chi connectivity index (χ1v) is 4.69. The molecule has 0 aromatic heterocycles. The third kappa shape index (κ3) is 5.78. The van der Waals surface area contributed by atoms with Crippen molar-refractivity contribution in [2.45, 2.75) is 31.7 Å². The van der Waals surface area contributed by atoms with Crippen LogP contribution in [0.5, 0.6) is 0 Å². The second kappa shape index (κ2) is 9.29. The minimum absolute atomic E-state index is 0. The fraction of sp³-hybridized carbons (Fsp3) is 0.667.